The van der Waals surface area contributed by atoms with Crippen LogP contribution in [0.1, 0.15) is 39.5 Å². The minimum atomic E-state index is -0.824. The zero-order chi connectivity index (χ0) is 18.8. The lowest BCUT2D eigenvalue weighted by Gasteiger charge is -2.13. The third-order valence-corrected chi connectivity index (χ3v) is 2.81. The van der Waals surface area contributed by atoms with Crippen molar-refractivity contribution in [3.8, 4) is 0 Å². The van der Waals surface area contributed by atoms with E-state index >= 15 is 0 Å². The summed E-state index contributed by atoms with van der Waals surface area (Å²) >= 11 is 0. The van der Waals surface area contributed by atoms with Crippen molar-refractivity contribution in [1.82, 2.24) is 0 Å². The third-order valence-electron chi connectivity index (χ3n) is 2.81. The predicted octanol–water partition coefficient (Wildman–Crippen LogP) is 3.13. The van der Waals surface area contributed by atoms with E-state index in [2.05, 4.69) is 13.8 Å². The topological polar surface area (TPSA) is 89.5 Å². The Hall–Kier alpha value is -1.54. The van der Waals surface area contributed by atoms with Gasteiger partial charge in [-0.05, 0) is 19.8 Å². The number of hydrogen-bond donors (Lipinski definition) is 0. The highest BCUT2D eigenvalue weighted by Crippen LogP contribution is 2.01. The highest BCUT2D eigenvalue weighted by Gasteiger charge is 2.12. The first-order valence-corrected chi connectivity index (χ1v) is 8.71. The van der Waals surface area contributed by atoms with Gasteiger partial charge in [-0.25, -0.2) is 9.59 Å². The largest absolute Gasteiger partial charge is 0.508 e. The van der Waals surface area contributed by atoms with Crippen molar-refractivity contribution >= 4 is 12.3 Å². The molecule has 0 spiro atoms. The SMILES string of the molecule is [CH2]C(CCOC(=O)OCCOCCC)OC(=O)OCCOCCCC. The maximum atomic E-state index is 11.4. The molecule has 1 unspecified atom stereocenters. The molecule has 8 heteroatoms. The van der Waals surface area contributed by atoms with Crippen LogP contribution in [-0.2, 0) is 28.4 Å². The molecular weight excluding hydrogens is 332 g/mol. The average Bonchev–Trinajstić information content (AvgIpc) is 2.57. The normalized spacial score (nSPS) is 11.6. The Morgan fingerprint density at radius 2 is 1.36 bits per heavy atom. The van der Waals surface area contributed by atoms with Crippen LogP contribution in [0.25, 0.3) is 0 Å². The molecule has 0 bridgehead atoms. The Labute approximate surface area is 150 Å². The van der Waals surface area contributed by atoms with Gasteiger partial charge in [0.1, 0.15) is 19.3 Å². The van der Waals surface area contributed by atoms with E-state index in [9.17, 15) is 9.59 Å². The summed E-state index contributed by atoms with van der Waals surface area (Å²) in [5.41, 5.74) is 0. The molecule has 0 aromatic rings. The minimum absolute atomic E-state index is 0.0240. The second-order valence-electron chi connectivity index (χ2n) is 5.15. The fourth-order valence-electron chi connectivity index (χ4n) is 1.51. The van der Waals surface area contributed by atoms with Gasteiger partial charge in [-0.1, -0.05) is 20.3 Å². The van der Waals surface area contributed by atoms with Gasteiger partial charge in [0.25, 0.3) is 0 Å². The molecule has 1 atom stereocenters. The average molecular weight is 363 g/mol. The van der Waals surface area contributed by atoms with Gasteiger partial charge in [0, 0.05) is 19.6 Å². The molecule has 0 aliphatic heterocycles. The molecule has 0 heterocycles. The first kappa shape index (κ1) is 23.5. The van der Waals surface area contributed by atoms with Crippen LogP contribution in [0.5, 0.6) is 0 Å². The first-order chi connectivity index (χ1) is 12.1. The highest BCUT2D eigenvalue weighted by atomic mass is 16.7. The Morgan fingerprint density at radius 3 is 2.00 bits per heavy atom. The van der Waals surface area contributed by atoms with Crippen molar-refractivity contribution in [3.05, 3.63) is 6.92 Å². The molecule has 0 N–H and O–H groups in total. The van der Waals surface area contributed by atoms with Crippen molar-refractivity contribution in [2.45, 2.75) is 45.6 Å². The van der Waals surface area contributed by atoms with Crippen LogP contribution < -0.4 is 0 Å². The maximum absolute atomic E-state index is 11.4. The molecule has 8 nitrogen and oxygen atoms in total. The van der Waals surface area contributed by atoms with E-state index < -0.39 is 18.4 Å². The number of rotatable bonds is 15. The summed E-state index contributed by atoms with van der Waals surface area (Å²) in [4.78, 5) is 22.6. The standard InChI is InChI=1S/C17H31O8/c1-4-6-9-21-12-14-24-17(19)25-15(3)7-10-22-16(18)23-13-11-20-8-5-2/h15H,3-14H2,1-2H3. The van der Waals surface area contributed by atoms with Gasteiger partial charge in [-0.3, -0.25) is 0 Å². The van der Waals surface area contributed by atoms with Gasteiger partial charge in [0.15, 0.2) is 0 Å². The molecule has 25 heavy (non-hydrogen) atoms. The van der Waals surface area contributed by atoms with Gasteiger partial charge >= 0.3 is 12.3 Å². The number of hydrogen-bond acceptors (Lipinski definition) is 8. The van der Waals surface area contributed by atoms with Crippen LogP contribution in [-0.4, -0.2) is 64.7 Å². The van der Waals surface area contributed by atoms with Gasteiger partial charge < -0.3 is 28.4 Å². The number of ether oxygens (including phenoxy) is 6. The monoisotopic (exact) mass is 363 g/mol. The Balaban J connectivity index is 3.50. The van der Waals surface area contributed by atoms with E-state index in [0.717, 1.165) is 19.3 Å². The minimum Gasteiger partial charge on any atom is -0.434 e. The summed E-state index contributed by atoms with van der Waals surface area (Å²) in [5.74, 6) is 0. The molecule has 0 saturated carbocycles. The van der Waals surface area contributed by atoms with Crippen molar-refractivity contribution in [1.29, 1.82) is 0 Å². The number of carbonyl (C=O) groups is 2. The zero-order valence-electron chi connectivity index (χ0n) is 15.3. The summed E-state index contributed by atoms with van der Waals surface area (Å²) in [6, 6.07) is 0. The van der Waals surface area contributed by atoms with E-state index in [0.29, 0.717) is 26.4 Å². The van der Waals surface area contributed by atoms with Crippen molar-refractivity contribution in [2.24, 2.45) is 0 Å². The molecule has 0 aromatic heterocycles. The second-order valence-corrected chi connectivity index (χ2v) is 5.15. The summed E-state index contributed by atoms with van der Waals surface area (Å²) in [6.45, 7) is 9.90. The van der Waals surface area contributed by atoms with E-state index in [1.165, 1.54) is 0 Å². The maximum Gasteiger partial charge on any atom is 0.508 e. The smallest absolute Gasteiger partial charge is 0.434 e. The Bertz CT molecular complexity index is 335. The van der Waals surface area contributed by atoms with Crippen molar-refractivity contribution < 1.29 is 38.0 Å². The molecule has 1 radical (unpaired) electrons. The number of unbranched alkanes of at least 4 members (excludes halogenated alkanes) is 1. The van der Waals surface area contributed by atoms with Gasteiger partial charge in [0.05, 0.1) is 19.8 Å². The summed E-state index contributed by atoms with van der Waals surface area (Å²) in [5, 5.41) is 0. The molecule has 0 fully saturated rings. The summed E-state index contributed by atoms with van der Waals surface area (Å²) < 4.78 is 29.8. The Kier molecular flexibility index (Phi) is 16.2. The van der Waals surface area contributed by atoms with E-state index in [-0.39, 0.29) is 26.2 Å². The second kappa shape index (κ2) is 17.3. The van der Waals surface area contributed by atoms with Crippen molar-refractivity contribution in [2.75, 3.05) is 46.2 Å². The molecule has 0 aliphatic rings. The van der Waals surface area contributed by atoms with Crippen molar-refractivity contribution in [3.63, 3.8) is 0 Å². The van der Waals surface area contributed by atoms with Crippen LogP contribution in [0.2, 0.25) is 0 Å². The number of carbonyl (C=O) groups excluding carboxylic acids is 2. The molecule has 0 saturated heterocycles. The molecule has 0 rings (SSSR count). The van der Waals surface area contributed by atoms with Gasteiger partial charge in [-0.2, -0.15) is 0 Å². The lowest BCUT2D eigenvalue weighted by molar-refractivity contribution is 0.00224. The predicted molar refractivity (Wildman–Crippen MR) is 90.3 cm³/mol. The van der Waals surface area contributed by atoms with E-state index in [1.54, 1.807) is 0 Å². The molecule has 0 aromatic carbocycles. The zero-order valence-corrected chi connectivity index (χ0v) is 15.3. The van der Waals surface area contributed by atoms with Gasteiger partial charge in [-0.15, -0.1) is 0 Å². The molecule has 0 aliphatic carbocycles. The van der Waals surface area contributed by atoms with E-state index in [4.69, 9.17) is 28.4 Å². The summed E-state index contributed by atoms with van der Waals surface area (Å²) in [7, 11) is 0. The van der Waals surface area contributed by atoms with Gasteiger partial charge in [0.2, 0.25) is 0 Å². The quantitative estimate of drug-likeness (QED) is 0.324. The first-order valence-electron chi connectivity index (χ1n) is 8.71. The molecule has 0 amide bonds. The van der Waals surface area contributed by atoms with Crippen LogP contribution in [0.3, 0.4) is 0 Å². The fraction of sp³-hybridized carbons (Fsp3) is 0.824. The van der Waals surface area contributed by atoms with Crippen LogP contribution >= 0.6 is 0 Å². The third kappa shape index (κ3) is 17.1. The molecule has 147 valence electrons. The van der Waals surface area contributed by atoms with E-state index in [1.807, 2.05) is 6.92 Å². The van der Waals surface area contributed by atoms with Crippen LogP contribution in [0.4, 0.5) is 9.59 Å². The Morgan fingerprint density at radius 1 is 0.760 bits per heavy atom. The summed E-state index contributed by atoms with van der Waals surface area (Å²) in [6.07, 6.45) is 0.865. The highest BCUT2D eigenvalue weighted by molar-refractivity contribution is 5.60. The molecular formula is C17H31O8. The lowest BCUT2D eigenvalue weighted by Crippen LogP contribution is -2.21. The van der Waals surface area contributed by atoms with Crippen LogP contribution in [0.15, 0.2) is 0 Å². The van der Waals surface area contributed by atoms with Crippen LogP contribution in [0, 0.1) is 6.92 Å². The fourth-order valence-corrected chi connectivity index (χ4v) is 1.51. The lowest BCUT2D eigenvalue weighted by atomic mass is 10.3.